The maximum atomic E-state index is 13.2. The van der Waals surface area contributed by atoms with Crippen molar-refractivity contribution in [2.24, 2.45) is 0 Å². The molecule has 9 heteroatoms. The number of rotatable bonds is 6. The summed E-state index contributed by atoms with van der Waals surface area (Å²) in [5.74, 6) is -1.72. The van der Waals surface area contributed by atoms with Gasteiger partial charge in [0.05, 0.1) is 25.3 Å². The Bertz CT molecular complexity index is 974. The second kappa shape index (κ2) is 7.81. The summed E-state index contributed by atoms with van der Waals surface area (Å²) in [7, 11) is 3.02. The van der Waals surface area contributed by atoms with Crippen LogP contribution >= 0.6 is 0 Å². The quantitative estimate of drug-likeness (QED) is 0.610. The molecule has 140 valence electrons. The van der Waals surface area contributed by atoms with E-state index >= 15 is 0 Å². The number of halogens is 2. The van der Waals surface area contributed by atoms with Crippen LogP contribution < -0.4 is 9.47 Å². The van der Waals surface area contributed by atoms with Crippen molar-refractivity contribution in [2.45, 2.75) is 6.61 Å². The summed E-state index contributed by atoms with van der Waals surface area (Å²) >= 11 is 0. The van der Waals surface area contributed by atoms with E-state index in [0.29, 0.717) is 17.1 Å². The summed E-state index contributed by atoms with van der Waals surface area (Å²) in [4.78, 5) is 16.0. The Labute approximate surface area is 152 Å². The van der Waals surface area contributed by atoms with Gasteiger partial charge in [0.2, 0.25) is 5.82 Å². The molecule has 1 heterocycles. The van der Waals surface area contributed by atoms with Gasteiger partial charge in [0.1, 0.15) is 11.5 Å². The van der Waals surface area contributed by atoms with Crippen LogP contribution in [0.3, 0.4) is 0 Å². The van der Waals surface area contributed by atoms with E-state index in [9.17, 15) is 13.6 Å². The highest BCUT2D eigenvalue weighted by molar-refractivity contribution is 5.89. The summed E-state index contributed by atoms with van der Waals surface area (Å²) < 4.78 is 46.5. The molecule has 0 aliphatic carbocycles. The predicted molar refractivity (Wildman–Crippen MR) is 88.3 cm³/mol. The fourth-order valence-electron chi connectivity index (χ4n) is 2.24. The highest BCUT2D eigenvalue weighted by Gasteiger charge is 2.16. The molecular weight excluding hydrogens is 362 g/mol. The first-order valence-corrected chi connectivity index (χ1v) is 7.69. The molecule has 0 saturated heterocycles. The van der Waals surface area contributed by atoms with E-state index in [4.69, 9.17) is 18.7 Å². The van der Waals surface area contributed by atoms with Crippen molar-refractivity contribution in [1.29, 1.82) is 0 Å². The molecule has 0 atom stereocenters. The van der Waals surface area contributed by atoms with Gasteiger partial charge in [-0.3, -0.25) is 0 Å². The molecule has 0 aliphatic heterocycles. The van der Waals surface area contributed by atoms with Gasteiger partial charge in [-0.05, 0) is 30.3 Å². The molecule has 0 bridgehead atoms. The third-order valence-corrected chi connectivity index (χ3v) is 3.60. The number of esters is 1. The van der Waals surface area contributed by atoms with E-state index in [1.807, 2.05) is 0 Å². The first kappa shape index (κ1) is 18.3. The van der Waals surface area contributed by atoms with Crippen molar-refractivity contribution in [3.63, 3.8) is 0 Å². The summed E-state index contributed by atoms with van der Waals surface area (Å²) in [5.41, 5.74) is 0.422. The maximum Gasteiger partial charge on any atom is 0.338 e. The Morgan fingerprint density at radius 1 is 1.07 bits per heavy atom. The average molecular weight is 376 g/mol. The standard InChI is InChI=1S/C18H14F2N2O5/c1-24-11-4-5-12(15(8-11)25-2)17-21-16(27-22-17)9-26-18(23)10-3-6-13(19)14(20)7-10/h3-8H,9H2,1-2H3. The minimum atomic E-state index is -1.14. The van der Waals surface area contributed by atoms with E-state index in [2.05, 4.69) is 10.1 Å². The van der Waals surface area contributed by atoms with E-state index < -0.39 is 17.6 Å². The normalized spacial score (nSPS) is 10.5. The van der Waals surface area contributed by atoms with Crippen LogP contribution in [0.2, 0.25) is 0 Å². The Kier molecular flexibility index (Phi) is 5.30. The van der Waals surface area contributed by atoms with Crippen LogP contribution in [-0.4, -0.2) is 30.3 Å². The molecule has 7 nitrogen and oxygen atoms in total. The van der Waals surface area contributed by atoms with Gasteiger partial charge in [-0.1, -0.05) is 5.16 Å². The second-order valence-electron chi connectivity index (χ2n) is 5.28. The SMILES string of the molecule is COc1ccc(-c2noc(COC(=O)c3ccc(F)c(F)c3)n2)c(OC)c1. The highest BCUT2D eigenvalue weighted by Crippen LogP contribution is 2.31. The van der Waals surface area contributed by atoms with Gasteiger partial charge in [-0.25, -0.2) is 13.6 Å². The van der Waals surface area contributed by atoms with Crippen LogP contribution in [0, 0.1) is 11.6 Å². The van der Waals surface area contributed by atoms with Crippen LogP contribution in [0.25, 0.3) is 11.4 Å². The second-order valence-corrected chi connectivity index (χ2v) is 5.28. The van der Waals surface area contributed by atoms with Crippen LogP contribution in [0.5, 0.6) is 11.5 Å². The summed E-state index contributed by atoms with van der Waals surface area (Å²) in [6.45, 7) is -0.330. The molecule has 0 N–H and O–H groups in total. The number of methoxy groups -OCH3 is 2. The number of ether oxygens (including phenoxy) is 3. The maximum absolute atomic E-state index is 13.2. The highest BCUT2D eigenvalue weighted by atomic mass is 19.2. The topological polar surface area (TPSA) is 83.7 Å². The summed E-state index contributed by atoms with van der Waals surface area (Å²) in [6, 6.07) is 7.76. The molecule has 2 aromatic carbocycles. The zero-order valence-corrected chi connectivity index (χ0v) is 14.4. The van der Waals surface area contributed by atoms with Crippen molar-refractivity contribution in [1.82, 2.24) is 10.1 Å². The number of benzene rings is 2. The molecule has 0 fully saturated rings. The van der Waals surface area contributed by atoms with E-state index in [-0.39, 0.29) is 23.9 Å². The zero-order valence-electron chi connectivity index (χ0n) is 14.4. The van der Waals surface area contributed by atoms with Gasteiger partial charge in [0.15, 0.2) is 18.2 Å². The van der Waals surface area contributed by atoms with Gasteiger partial charge < -0.3 is 18.7 Å². The smallest absolute Gasteiger partial charge is 0.338 e. The van der Waals surface area contributed by atoms with Crippen molar-refractivity contribution in [3.8, 4) is 22.9 Å². The number of aromatic nitrogens is 2. The van der Waals surface area contributed by atoms with Crippen LogP contribution in [0.4, 0.5) is 8.78 Å². The molecule has 3 rings (SSSR count). The summed E-state index contributed by atoms with van der Waals surface area (Å²) in [6.07, 6.45) is 0. The lowest BCUT2D eigenvalue weighted by Crippen LogP contribution is -2.06. The Morgan fingerprint density at radius 3 is 2.59 bits per heavy atom. The van der Waals surface area contributed by atoms with Crippen molar-refractivity contribution >= 4 is 5.97 Å². The molecule has 0 unspecified atom stereocenters. The Morgan fingerprint density at radius 2 is 1.89 bits per heavy atom. The van der Waals surface area contributed by atoms with E-state index in [1.54, 1.807) is 18.2 Å². The lowest BCUT2D eigenvalue weighted by atomic mass is 10.2. The van der Waals surface area contributed by atoms with E-state index in [0.717, 1.165) is 18.2 Å². The number of hydrogen-bond donors (Lipinski definition) is 0. The largest absolute Gasteiger partial charge is 0.497 e. The molecule has 27 heavy (non-hydrogen) atoms. The Balaban J connectivity index is 1.71. The molecule has 1 aromatic heterocycles. The first-order chi connectivity index (χ1) is 13.0. The predicted octanol–water partition coefficient (Wildman–Crippen LogP) is 3.39. The average Bonchev–Trinajstić information content (AvgIpc) is 3.16. The molecule has 3 aromatic rings. The van der Waals surface area contributed by atoms with E-state index in [1.165, 1.54) is 14.2 Å². The van der Waals surface area contributed by atoms with Crippen LogP contribution in [0.1, 0.15) is 16.2 Å². The van der Waals surface area contributed by atoms with Crippen LogP contribution in [-0.2, 0) is 11.3 Å². The fraction of sp³-hybridized carbons (Fsp3) is 0.167. The van der Waals surface area contributed by atoms with Gasteiger partial charge in [0.25, 0.3) is 5.89 Å². The molecule has 0 saturated carbocycles. The lowest BCUT2D eigenvalue weighted by Gasteiger charge is -2.07. The lowest BCUT2D eigenvalue weighted by molar-refractivity contribution is 0.0429. The third kappa shape index (κ3) is 4.02. The number of carbonyl (C=O) groups excluding carboxylic acids is 1. The number of carbonyl (C=O) groups is 1. The van der Waals surface area contributed by atoms with Gasteiger partial charge >= 0.3 is 5.97 Å². The molecule has 0 aliphatic rings. The summed E-state index contributed by atoms with van der Waals surface area (Å²) in [5, 5.41) is 3.82. The first-order valence-electron chi connectivity index (χ1n) is 7.69. The van der Waals surface area contributed by atoms with Crippen LogP contribution in [0.15, 0.2) is 40.9 Å². The van der Waals surface area contributed by atoms with Crippen molar-refractivity contribution < 1.29 is 32.3 Å². The Hall–Kier alpha value is -3.49. The number of hydrogen-bond acceptors (Lipinski definition) is 7. The van der Waals surface area contributed by atoms with Gasteiger partial charge in [-0.15, -0.1) is 0 Å². The molecule has 0 amide bonds. The van der Waals surface area contributed by atoms with Gasteiger partial charge in [-0.2, -0.15) is 4.98 Å². The third-order valence-electron chi connectivity index (χ3n) is 3.60. The van der Waals surface area contributed by atoms with Gasteiger partial charge in [0, 0.05) is 6.07 Å². The minimum absolute atomic E-state index is 0.0267. The van der Waals surface area contributed by atoms with Crippen molar-refractivity contribution in [2.75, 3.05) is 14.2 Å². The van der Waals surface area contributed by atoms with Crippen molar-refractivity contribution in [3.05, 3.63) is 59.5 Å². The number of nitrogens with zero attached hydrogens (tertiary/aromatic N) is 2. The minimum Gasteiger partial charge on any atom is -0.497 e. The molecule has 0 spiro atoms. The molecular formula is C18H14F2N2O5. The molecule has 0 radical (unpaired) electrons. The zero-order chi connectivity index (χ0) is 19.4. The fourth-order valence-corrected chi connectivity index (χ4v) is 2.24. The monoisotopic (exact) mass is 376 g/mol.